The summed E-state index contributed by atoms with van der Waals surface area (Å²) in [7, 11) is 6.74. The fourth-order valence-corrected chi connectivity index (χ4v) is 4.41. The number of hydrogen-bond donors (Lipinski definition) is 1. The summed E-state index contributed by atoms with van der Waals surface area (Å²) in [5.74, 6) is 1.30. The Morgan fingerprint density at radius 2 is 1.76 bits per heavy atom. The van der Waals surface area contributed by atoms with Crippen LogP contribution in [0, 0.1) is 0 Å². The first-order chi connectivity index (χ1) is 16.4. The van der Waals surface area contributed by atoms with Gasteiger partial charge < -0.3 is 19.7 Å². The van der Waals surface area contributed by atoms with Crippen LogP contribution in [0.15, 0.2) is 41.5 Å². The van der Waals surface area contributed by atoms with Crippen LogP contribution in [0.25, 0.3) is 0 Å². The molecule has 3 amide bonds. The molecule has 0 aliphatic carbocycles. The van der Waals surface area contributed by atoms with E-state index in [1.807, 2.05) is 55.3 Å². The number of likely N-dealkylation sites (N-methyl/N-ethyl adjacent to an activating group) is 1. The number of methoxy groups -OCH3 is 2. The Bertz CT molecular complexity index is 1120. The zero-order chi connectivity index (χ0) is 24.4. The van der Waals surface area contributed by atoms with Gasteiger partial charge in [-0.05, 0) is 50.2 Å². The Morgan fingerprint density at radius 3 is 2.38 bits per heavy atom. The third-order valence-electron chi connectivity index (χ3n) is 6.29. The van der Waals surface area contributed by atoms with Crippen LogP contribution in [-0.4, -0.2) is 81.5 Å². The van der Waals surface area contributed by atoms with Gasteiger partial charge in [0.15, 0.2) is 11.5 Å². The minimum Gasteiger partial charge on any atom is -0.493 e. The molecule has 0 radical (unpaired) electrons. The smallest absolute Gasteiger partial charge is 0.337 e. The summed E-state index contributed by atoms with van der Waals surface area (Å²) in [6, 6.07) is 11.2. The number of nitrogens with one attached hydrogen (secondary N) is 1. The monoisotopic (exact) mass is 465 g/mol. The minimum atomic E-state index is -0.281. The van der Waals surface area contributed by atoms with Crippen molar-refractivity contribution in [1.29, 1.82) is 0 Å². The lowest BCUT2D eigenvalue weighted by molar-refractivity contribution is -0.120. The molecule has 0 aromatic heterocycles. The molecule has 9 heteroatoms. The van der Waals surface area contributed by atoms with Crippen molar-refractivity contribution in [1.82, 2.24) is 15.2 Å². The van der Waals surface area contributed by atoms with Crippen molar-refractivity contribution in [3.05, 3.63) is 53.1 Å². The molecule has 1 atom stereocenters. The number of benzene rings is 2. The van der Waals surface area contributed by atoms with Crippen molar-refractivity contribution >= 4 is 23.3 Å². The Labute approximate surface area is 199 Å². The van der Waals surface area contributed by atoms with E-state index >= 15 is 0 Å². The number of ether oxygens (including phenoxy) is 2. The van der Waals surface area contributed by atoms with Crippen molar-refractivity contribution < 1.29 is 19.1 Å². The molecule has 2 aliphatic rings. The zero-order valence-electron chi connectivity index (χ0n) is 20.3. The number of rotatable bonds is 4. The molecule has 4 rings (SSSR count). The van der Waals surface area contributed by atoms with Crippen LogP contribution in [0.2, 0.25) is 0 Å². The molecule has 0 spiro atoms. The van der Waals surface area contributed by atoms with Crippen LogP contribution in [0.4, 0.5) is 10.5 Å². The van der Waals surface area contributed by atoms with Crippen molar-refractivity contribution in [2.45, 2.75) is 19.4 Å². The summed E-state index contributed by atoms with van der Waals surface area (Å²) in [6.45, 7) is 3.85. The third kappa shape index (κ3) is 4.43. The first-order valence-electron chi connectivity index (χ1n) is 11.3. The van der Waals surface area contributed by atoms with Crippen LogP contribution in [-0.2, 0) is 11.2 Å². The van der Waals surface area contributed by atoms with Gasteiger partial charge in [-0.1, -0.05) is 12.1 Å². The minimum absolute atomic E-state index is 0.0788. The maximum Gasteiger partial charge on any atom is 0.337 e. The van der Waals surface area contributed by atoms with E-state index in [2.05, 4.69) is 5.32 Å². The number of carbonyl (C=O) groups is 2. The standard InChI is InChI=1S/C25H31N5O4/c1-16-12-18-13-21(33-4)22(34-5)14-20(18)24(27-30(16)25(32)26-2)17-6-8-19(9-7-17)29-11-10-28(3)15-23(29)31/h6-9,13-14,16H,10-12,15H2,1-5H3,(H,26,32). The fourth-order valence-electron chi connectivity index (χ4n) is 4.41. The van der Waals surface area contributed by atoms with Gasteiger partial charge in [0.05, 0.1) is 32.5 Å². The van der Waals surface area contributed by atoms with E-state index in [1.54, 1.807) is 26.2 Å². The van der Waals surface area contributed by atoms with Crippen molar-refractivity contribution in [3.63, 3.8) is 0 Å². The number of amides is 3. The zero-order valence-corrected chi connectivity index (χ0v) is 20.3. The van der Waals surface area contributed by atoms with Gasteiger partial charge in [-0.15, -0.1) is 0 Å². The number of hydrazone groups is 1. The Morgan fingerprint density at radius 1 is 1.09 bits per heavy atom. The number of piperazine rings is 1. The molecule has 1 N–H and O–H groups in total. The third-order valence-corrected chi connectivity index (χ3v) is 6.29. The summed E-state index contributed by atoms with van der Waals surface area (Å²) >= 11 is 0. The normalized spacial score (nSPS) is 18.7. The molecule has 1 fully saturated rings. The van der Waals surface area contributed by atoms with E-state index < -0.39 is 0 Å². The van der Waals surface area contributed by atoms with Gasteiger partial charge in [0.2, 0.25) is 5.91 Å². The number of urea groups is 1. The second-order valence-electron chi connectivity index (χ2n) is 8.60. The van der Waals surface area contributed by atoms with Crippen LogP contribution < -0.4 is 19.7 Å². The highest BCUT2D eigenvalue weighted by Crippen LogP contribution is 2.35. The van der Waals surface area contributed by atoms with Crippen LogP contribution in [0.1, 0.15) is 23.6 Å². The number of anilines is 1. The molecular weight excluding hydrogens is 434 g/mol. The summed E-state index contributed by atoms with van der Waals surface area (Å²) in [5.41, 5.74) is 4.22. The number of carbonyl (C=O) groups excluding carboxylic acids is 2. The quantitative estimate of drug-likeness (QED) is 0.749. The average Bonchev–Trinajstić information content (AvgIpc) is 2.98. The van der Waals surface area contributed by atoms with E-state index in [0.29, 0.717) is 36.7 Å². The molecule has 2 aliphatic heterocycles. The van der Waals surface area contributed by atoms with Gasteiger partial charge in [0, 0.05) is 37.0 Å². The Kier molecular flexibility index (Phi) is 6.74. The molecule has 2 aromatic carbocycles. The largest absolute Gasteiger partial charge is 0.493 e. The second-order valence-corrected chi connectivity index (χ2v) is 8.60. The summed E-state index contributed by atoms with van der Waals surface area (Å²) in [4.78, 5) is 29.0. The van der Waals surface area contributed by atoms with Crippen LogP contribution in [0.3, 0.4) is 0 Å². The van der Waals surface area contributed by atoms with Gasteiger partial charge in [-0.2, -0.15) is 5.10 Å². The molecule has 0 bridgehead atoms. The van der Waals surface area contributed by atoms with Gasteiger partial charge in [-0.25, -0.2) is 9.80 Å². The highest BCUT2D eigenvalue weighted by molar-refractivity contribution is 6.14. The first kappa shape index (κ1) is 23.6. The fraction of sp³-hybridized carbons (Fsp3) is 0.400. The van der Waals surface area contributed by atoms with E-state index in [4.69, 9.17) is 14.6 Å². The van der Waals surface area contributed by atoms with Crippen molar-refractivity contribution in [3.8, 4) is 11.5 Å². The van der Waals surface area contributed by atoms with Crippen LogP contribution in [0.5, 0.6) is 11.5 Å². The predicted octanol–water partition coefficient (Wildman–Crippen LogP) is 2.32. The lowest BCUT2D eigenvalue weighted by Crippen LogP contribution is -2.48. The lowest BCUT2D eigenvalue weighted by atomic mass is 9.94. The predicted molar refractivity (Wildman–Crippen MR) is 131 cm³/mol. The maximum atomic E-state index is 12.6. The van der Waals surface area contributed by atoms with E-state index in [1.165, 1.54) is 5.01 Å². The molecule has 34 heavy (non-hydrogen) atoms. The topological polar surface area (TPSA) is 86.7 Å². The lowest BCUT2D eigenvalue weighted by Gasteiger charge is -2.32. The first-order valence-corrected chi connectivity index (χ1v) is 11.3. The van der Waals surface area contributed by atoms with Crippen molar-refractivity contribution in [2.75, 3.05) is 52.8 Å². The van der Waals surface area contributed by atoms with Gasteiger partial charge >= 0.3 is 6.03 Å². The average molecular weight is 466 g/mol. The van der Waals surface area contributed by atoms with E-state index in [-0.39, 0.29) is 18.0 Å². The molecule has 2 heterocycles. The van der Waals surface area contributed by atoms with E-state index in [0.717, 1.165) is 28.9 Å². The molecular formula is C25H31N5O4. The Hall–Kier alpha value is -3.59. The number of hydrogen-bond acceptors (Lipinski definition) is 6. The summed E-state index contributed by atoms with van der Waals surface area (Å²) in [6.07, 6.45) is 0.601. The van der Waals surface area contributed by atoms with Gasteiger partial charge in [0.1, 0.15) is 0 Å². The highest BCUT2D eigenvalue weighted by Gasteiger charge is 2.29. The van der Waals surface area contributed by atoms with Crippen molar-refractivity contribution in [2.24, 2.45) is 5.10 Å². The molecule has 9 nitrogen and oxygen atoms in total. The molecule has 2 aromatic rings. The van der Waals surface area contributed by atoms with Gasteiger partial charge in [0.25, 0.3) is 0 Å². The Balaban J connectivity index is 1.79. The number of fused-ring (bicyclic) bond motifs is 1. The summed E-state index contributed by atoms with van der Waals surface area (Å²) < 4.78 is 11.1. The number of nitrogens with zero attached hydrogens (tertiary/aromatic N) is 4. The highest BCUT2D eigenvalue weighted by atomic mass is 16.5. The van der Waals surface area contributed by atoms with E-state index in [9.17, 15) is 9.59 Å². The molecule has 1 saturated heterocycles. The summed E-state index contributed by atoms with van der Waals surface area (Å²) in [5, 5.41) is 8.95. The van der Waals surface area contributed by atoms with Crippen LogP contribution >= 0.6 is 0 Å². The molecule has 180 valence electrons. The second kappa shape index (κ2) is 9.72. The molecule has 1 unspecified atom stereocenters. The molecule has 0 saturated carbocycles. The SMILES string of the molecule is CNC(=O)N1N=C(c2ccc(N3CCN(C)CC3=O)cc2)c2cc(OC)c(OC)cc2CC1C. The maximum absolute atomic E-state index is 12.6. The van der Waals surface area contributed by atoms with Gasteiger partial charge in [-0.3, -0.25) is 9.69 Å².